The summed E-state index contributed by atoms with van der Waals surface area (Å²) in [5.41, 5.74) is 1.69. The molecule has 0 aliphatic carbocycles. The van der Waals surface area contributed by atoms with Gasteiger partial charge >= 0.3 is 0 Å². The number of nitrogens with zero attached hydrogens (tertiary/aromatic N) is 3. The summed E-state index contributed by atoms with van der Waals surface area (Å²) >= 11 is 0. The molecule has 0 saturated heterocycles. The molecule has 0 saturated carbocycles. The Balaban J connectivity index is 1.45. The van der Waals surface area contributed by atoms with Gasteiger partial charge in [0.1, 0.15) is 11.2 Å². The van der Waals surface area contributed by atoms with Gasteiger partial charge in [0.15, 0.2) is 0 Å². The van der Waals surface area contributed by atoms with Gasteiger partial charge in [0.2, 0.25) is 11.9 Å². The van der Waals surface area contributed by atoms with Crippen molar-refractivity contribution in [3.05, 3.63) is 78.4 Å². The normalized spacial score (nSPS) is 10.9. The van der Waals surface area contributed by atoms with E-state index in [9.17, 15) is 9.59 Å². The van der Waals surface area contributed by atoms with Crippen LogP contribution in [0.5, 0.6) is 0 Å². The fourth-order valence-corrected chi connectivity index (χ4v) is 3.25. The summed E-state index contributed by atoms with van der Waals surface area (Å²) in [5.74, 6) is -0.200. The second kappa shape index (κ2) is 7.13. The molecule has 3 heterocycles. The molecular weight excluding hydrogens is 382 g/mol. The van der Waals surface area contributed by atoms with Crippen LogP contribution in [0.25, 0.3) is 21.8 Å². The zero-order valence-corrected chi connectivity index (χ0v) is 15.5. The van der Waals surface area contributed by atoms with Crippen LogP contribution in [0.3, 0.4) is 0 Å². The zero-order chi connectivity index (χ0) is 20.5. The molecule has 0 atom stereocenters. The van der Waals surface area contributed by atoms with Gasteiger partial charge in [-0.2, -0.15) is 0 Å². The highest BCUT2D eigenvalue weighted by molar-refractivity contribution is 6.13. The third kappa shape index (κ3) is 3.14. The Morgan fingerprint density at radius 2 is 1.70 bits per heavy atom. The lowest BCUT2D eigenvalue weighted by molar-refractivity contribution is 0.101. The molecule has 0 spiro atoms. The van der Waals surface area contributed by atoms with Gasteiger partial charge in [0, 0.05) is 24.0 Å². The van der Waals surface area contributed by atoms with Crippen LogP contribution >= 0.6 is 0 Å². The Hall–Kier alpha value is -4.53. The van der Waals surface area contributed by atoms with E-state index in [1.54, 1.807) is 36.8 Å². The highest BCUT2D eigenvalue weighted by atomic mass is 16.2. The van der Waals surface area contributed by atoms with Gasteiger partial charge in [-0.15, -0.1) is 0 Å². The van der Waals surface area contributed by atoms with Gasteiger partial charge in [0.05, 0.1) is 11.1 Å². The van der Waals surface area contributed by atoms with E-state index in [-0.39, 0.29) is 11.9 Å². The molecule has 5 aromatic rings. The maximum Gasteiger partial charge on any atom is 0.277 e. The van der Waals surface area contributed by atoms with Crippen LogP contribution in [0, 0.1) is 0 Å². The van der Waals surface area contributed by atoms with Crippen molar-refractivity contribution in [2.75, 3.05) is 10.6 Å². The Labute approximate surface area is 169 Å². The Morgan fingerprint density at radius 1 is 0.833 bits per heavy atom. The number of rotatable bonds is 4. The van der Waals surface area contributed by atoms with E-state index >= 15 is 0 Å². The molecule has 0 aliphatic rings. The summed E-state index contributed by atoms with van der Waals surface area (Å²) < 4.78 is 0. The number of carbonyl (C=O) groups is 2. The lowest BCUT2D eigenvalue weighted by atomic mass is 10.1. The minimum Gasteiger partial charge on any atom is -0.331 e. The Kier molecular flexibility index (Phi) is 4.18. The fraction of sp³-hybridized carbons (Fsp3) is 0. The smallest absolute Gasteiger partial charge is 0.277 e. The minimum atomic E-state index is -0.396. The first-order chi connectivity index (χ1) is 14.7. The van der Waals surface area contributed by atoms with Gasteiger partial charge in [0.25, 0.3) is 11.8 Å². The van der Waals surface area contributed by atoms with Gasteiger partial charge in [-0.1, -0.05) is 30.3 Å². The molecule has 0 radical (unpaired) electrons. The summed E-state index contributed by atoms with van der Waals surface area (Å²) in [6.07, 6.45) is 4.74. The van der Waals surface area contributed by atoms with Gasteiger partial charge in [-0.05, 0) is 23.6 Å². The highest BCUT2D eigenvalue weighted by Gasteiger charge is 2.17. The summed E-state index contributed by atoms with van der Waals surface area (Å²) in [6.45, 7) is 0. The number of aromatic amines is 2. The molecule has 30 heavy (non-hydrogen) atoms. The van der Waals surface area contributed by atoms with Crippen molar-refractivity contribution < 1.29 is 9.59 Å². The molecule has 0 aliphatic heterocycles. The number of imidazole rings is 2. The van der Waals surface area contributed by atoms with Crippen LogP contribution in [-0.2, 0) is 0 Å². The molecule has 2 amide bonds. The molecule has 146 valence electrons. The molecule has 3 aromatic heterocycles. The molecule has 0 fully saturated rings. The third-order valence-electron chi connectivity index (χ3n) is 4.61. The van der Waals surface area contributed by atoms with E-state index < -0.39 is 5.91 Å². The van der Waals surface area contributed by atoms with Crippen LogP contribution in [-0.4, -0.2) is 36.7 Å². The number of aromatic nitrogens is 5. The van der Waals surface area contributed by atoms with Crippen molar-refractivity contribution in [1.29, 1.82) is 0 Å². The van der Waals surface area contributed by atoms with E-state index in [0.29, 0.717) is 28.2 Å². The number of hydrogen-bond acceptors (Lipinski definition) is 5. The number of benzene rings is 2. The first-order valence-electron chi connectivity index (χ1n) is 9.13. The zero-order valence-electron chi connectivity index (χ0n) is 15.5. The lowest BCUT2D eigenvalue weighted by Crippen LogP contribution is -2.15. The quantitative estimate of drug-likeness (QED) is 0.370. The van der Waals surface area contributed by atoms with E-state index in [2.05, 4.69) is 35.6 Å². The number of anilines is 2. The first-order valence-corrected chi connectivity index (χ1v) is 9.13. The number of nitrogens with one attached hydrogen (secondary N) is 4. The van der Waals surface area contributed by atoms with E-state index in [1.165, 1.54) is 0 Å². The van der Waals surface area contributed by atoms with E-state index in [1.807, 2.05) is 30.3 Å². The van der Waals surface area contributed by atoms with Crippen LogP contribution < -0.4 is 10.6 Å². The molecule has 0 bridgehead atoms. The van der Waals surface area contributed by atoms with E-state index in [4.69, 9.17) is 0 Å². The largest absolute Gasteiger partial charge is 0.331 e. The number of para-hydroxylation sites is 1. The highest BCUT2D eigenvalue weighted by Crippen LogP contribution is 2.21. The standard InChI is InChI=1S/C21H15N7O2/c29-18(27-20-23-10-11-24-20)14-6-3-7-15-16(14)26-21(25-15)28-19(30)17-13-5-2-1-4-12(13)8-9-22-17/h1-11H,(H2,23,24,27,29)(H2,25,26,28,30). The summed E-state index contributed by atoms with van der Waals surface area (Å²) in [7, 11) is 0. The molecule has 4 N–H and O–H groups in total. The van der Waals surface area contributed by atoms with Crippen LogP contribution in [0.4, 0.5) is 11.9 Å². The average molecular weight is 397 g/mol. The van der Waals surface area contributed by atoms with Gasteiger partial charge in [-0.25, -0.2) is 9.97 Å². The number of fused-ring (bicyclic) bond motifs is 2. The van der Waals surface area contributed by atoms with Crippen molar-refractivity contribution in [1.82, 2.24) is 24.9 Å². The van der Waals surface area contributed by atoms with Crippen LogP contribution in [0.1, 0.15) is 20.8 Å². The van der Waals surface area contributed by atoms with E-state index in [0.717, 1.165) is 10.8 Å². The predicted octanol–water partition coefficient (Wildman–Crippen LogP) is 3.34. The predicted molar refractivity (Wildman–Crippen MR) is 112 cm³/mol. The molecule has 2 aromatic carbocycles. The lowest BCUT2D eigenvalue weighted by Gasteiger charge is -2.05. The van der Waals surface area contributed by atoms with Crippen molar-refractivity contribution in [2.24, 2.45) is 0 Å². The Morgan fingerprint density at radius 3 is 2.57 bits per heavy atom. The molecule has 0 unspecified atom stereocenters. The molecule has 5 rings (SSSR count). The molecule has 9 heteroatoms. The Bertz CT molecular complexity index is 1380. The minimum absolute atomic E-state index is 0.225. The summed E-state index contributed by atoms with van der Waals surface area (Å²) in [4.78, 5) is 43.9. The maximum atomic E-state index is 12.8. The van der Waals surface area contributed by atoms with Crippen LogP contribution in [0.2, 0.25) is 0 Å². The van der Waals surface area contributed by atoms with Crippen LogP contribution in [0.15, 0.2) is 67.1 Å². The second-order valence-corrected chi connectivity index (χ2v) is 6.51. The number of hydrogen-bond donors (Lipinski definition) is 4. The molecular formula is C21H15N7O2. The number of amides is 2. The van der Waals surface area contributed by atoms with Crippen molar-refractivity contribution in [3.63, 3.8) is 0 Å². The molecule has 9 nitrogen and oxygen atoms in total. The summed E-state index contributed by atoms with van der Waals surface area (Å²) in [5, 5.41) is 7.06. The average Bonchev–Trinajstić information content (AvgIpc) is 3.42. The third-order valence-corrected chi connectivity index (χ3v) is 4.61. The second-order valence-electron chi connectivity index (χ2n) is 6.51. The fourth-order valence-electron chi connectivity index (χ4n) is 3.25. The van der Waals surface area contributed by atoms with Gasteiger partial charge < -0.3 is 9.97 Å². The number of pyridine rings is 1. The number of carbonyl (C=O) groups excluding carboxylic acids is 2. The first kappa shape index (κ1) is 17.6. The topological polar surface area (TPSA) is 128 Å². The number of H-pyrrole nitrogens is 2. The SMILES string of the molecule is O=C(Nc1nc2c(C(=O)Nc3ncc[nH]3)cccc2[nH]1)c1nccc2ccccc12. The van der Waals surface area contributed by atoms with Gasteiger partial charge in [-0.3, -0.25) is 25.2 Å². The summed E-state index contributed by atoms with van der Waals surface area (Å²) in [6, 6.07) is 14.5. The maximum absolute atomic E-state index is 12.8. The monoisotopic (exact) mass is 397 g/mol. The van der Waals surface area contributed by atoms with Crippen molar-refractivity contribution >= 4 is 45.5 Å². The van der Waals surface area contributed by atoms with Crippen molar-refractivity contribution in [2.45, 2.75) is 0 Å². The van der Waals surface area contributed by atoms with Crippen molar-refractivity contribution in [3.8, 4) is 0 Å².